The number of piperazine rings is 1. The van der Waals surface area contributed by atoms with Gasteiger partial charge < -0.3 is 25.7 Å². The maximum atomic E-state index is 12.7. The zero-order chi connectivity index (χ0) is 25.4. The summed E-state index contributed by atoms with van der Waals surface area (Å²) in [7, 11) is 1.00. The Kier molecular flexibility index (Phi) is 9.75. The molecule has 1 saturated heterocycles. The second-order valence-electron chi connectivity index (χ2n) is 7.75. The molecule has 0 unspecified atom stereocenters. The van der Waals surface area contributed by atoms with Gasteiger partial charge >= 0.3 is 0 Å². The first kappa shape index (κ1) is 26.8. The van der Waals surface area contributed by atoms with Crippen molar-refractivity contribution in [1.29, 1.82) is 0 Å². The fourth-order valence-corrected chi connectivity index (χ4v) is 4.62. The zero-order valence-corrected chi connectivity index (χ0v) is 21.5. The molecule has 4 rings (SSSR count). The number of nitrogens with one attached hydrogen (secondary N) is 2. The summed E-state index contributed by atoms with van der Waals surface area (Å²) in [6, 6.07) is 7.37. The Bertz CT molecular complexity index is 1120. The van der Waals surface area contributed by atoms with E-state index in [0.717, 1.165) is 44.7 Å². The minimum absolute atomic E-state index is 0.173. The van der Waals surface area contributed by atoms with Crippen molar-refractivity contribution in [3.63, 3.8) is 0 Å². The van der Waals surface area contributed by atoms with Crippen molar-refractivity contribution in [3.8, 4) is 0 Å². The fourth-order valence-electron chi connectivity index (χ4n) is 3.63. The highest BCUT2D eigenvalue weighted by atomic mass is 35.5. The summed E-state index contributed by atoms with van der Waals surface area (Å²) in [5, 5.41) is 23.2. The van der Waals surface area contributed by atoms with E-state index in [0.29, 0.717) is 38.9 Å². The van der Waals surface area contributed by atoms with Crippen LogP contribution >= 0.6 is 22.9 Å². The molecule has 1 aliphatic rings. The molecule has 0 atom stereocenters. The van der Waals surface area contributed by atoms with E-state index in [4.69, 9.17) is 21.8 Å². The molecular formula is C23H30ClN7O3S. The lowest BCUT2D eigenvalue weighted by Gasteiger charge is -2.35. The highest BCUT2D eigenvalue weighted by Crippen LogP contribution is 2.28. The lowest BCUT2D eigenvalue weighted by atomic mass is 10.2. The predicted octanol–water partition coefficient (Wildman–Crippen LogP) is 2.92. The smallest absolute Gasteiger partial charge is 0.267 e. The van der Waals surface area contributed by atoms with E-state index in [1.165, 1.54) is 17.5 Å². The third-order valence-corrected chi connectivity index (χ3v) is 6.59. The average Bonchev–Trinajstić information content (AvgIpc) is 3.31. The van der Waals surface area contributed by atoms with Crippen LogP contribution in [-0.2, 0) is 0 Å². The molecule has 1 fully saturated rings. The van der Waals surface area contributed by atoms with Gasteiger partial charge in [-0.1, -0.05) is 35.1 Å². The third-order valence-electron chi connectivity index (χ3n) is 5.36. The van der Waals surface area contributed by atoms with Gasteiger partial charge in [-0.3, -0.25) is 9.69 Å². The van der Waals surface area contributed by atoms with Crippen LogP contribution in [-0.4, -0.2) is 82.4 Å². The molecule has 10 nitrogen and oxygen atoms in total. The minimum Gasteiger partial charge on any atom is -0.400 e. The lowest BCUT2D eigenvalue weighted by Crippen LogP contribution is -2.47. The molecular weight excluding hydrogens is 490 g/mol. The minimum atomic E-state index is -0.267. The topological polar surface area (TPSA) is 127 Å². The number of aryl methyl sites for hydroxylation is 2. The fraction of sp³-hybridized carbons (Fsp3) is 0.391. The number of hydrogen-bond donors (Lipinski definition) is 4. The number of halogens is 1. The number of hydrogen-bond acceptors (Lipinski definition) is 10. The van der Waals surface area contributed by atoms with Gasteiger partial charge in [0.25, 0.3) is 5.91 Å². The van der Waals surface area contributed by atoms with Gasteiger partial charge in [0.15, 0.2) is 5.13 Å². The average molecular weight is 520 g/mol. The first-order chi connectivity index (χ1) is 16.9. The molecule has 1 aliphatic heterocycles. The van der Waals surface area contributed by atoms with Gasteiger partial charge in [0.1, 0.15) is 22.3 Å². The number of aliphatic hydroxyl groups is 2. The van der Waals surface area contributed by atoms with Crippen LogP contribution in [0.25, 0.3) is 0 Å². The first-order valence-corrected chi connectivity index (χ1v) is 12.3. The van der Waals surface area contributed by atoms with Gasteiger partial charge in [0.05, 0.1) is 23.5 Å². The normalized spacial score (nSPS) is 13.7. The highest BCUT2D eigenvalue weighted by Gasteiger charge is 2.19. The molecule has 0 saturated carbocycles. The predicted molar refractivity (Wildman–Crippen MR) is 140 cm³/mol. The summed E-state index contributed by atoms with van der Waals surface area (Å²) in [6.07, 6.45) is 1.53. The monoisotopic (exact) mass is 519 g/mol. The molecule has 0 radical (unpaired) electrons. The van der Waals surface area contributed by atoms with Crippen LogP contribution < -0.4 is 15.5 Å². The van der Waals surface area contributed by atoms with Crippen LogP contribution in [0.4, 0.5) is 22.5 Å². The van der Waals surface area contributed by atoms with Crippen molar-refractivity contribution in [3.05, 3.63) is 51.7 Å². The number of aliphatic hydroxyl groups excluding tert-OH is 2. The molecule has 35 heavy (non-hydrogen) atoms. The molecule has 1 amide bonds. The van der Waals surface area contributed by atoms with Gasteiger partial charge in [0.2, 0.25) is 0 Å². The molecule has 1 aromatic carbocycles. The van der Waals surface area contributed by atoms with E-state index in [1.807, 2.05) is 32.0 Å². The van der Waals surface area contributed by atoms with Gasteiger partial charge in [0, 0.05) is 45.9 Å². The summed E-state index contributed by atoms with van der Waals surface area (Å²) >= 11 is 7.46. The summed E-state index contributed by atoms with van der Waals surface area (Å²) < 4.78 is 0. The van der Waals surface area contributed by atoms with Crippen molar-refractivity contribution in [1.82, 2.24) is 19.9 Å². The van der Waals surface area contributed by atoms with Crippen LogP contribution in [0, 0.1) is 13.8 Å². The van der Waals surface area contributed by atoms with Crippen LogP contribution in [0.3, 0.4) is 0 Å². The number of β-amino-alcohol motifs (C(OH)–C–C–N with tert-alkyl or cyclic N) is 1. The van der Waals surface area contributed by atoms with Crippen molar-refractivity contribution < 1.29 is 15.0 Å². The number of aromatic nitrogens is 3. The van der Waals surface area contributed by atoms with E-state index >= 15 is 0 Å². The number of amides is 1. The first-order valence-electron chi connectivity index (χ1n) is 11.1. The van der Waals surface area contributed by atoms with Crippen molar-refractivity contribution in [2.45, 2.75) is 13.8 Å². The lowest BCUT2D eigenvalue weighted by molar-refractivity contribution is 0.103. The van der Waals surface area contributed by atoms with Crippen molar-refractivity contribution >= 4 is 51.3 Å². The molecule has 3 aromatic rings. The summed E-state index contributed by atoms with van der Waals surface area (Å²) in [4.78, 5) is 31.0. The van der Waals surface area contributed by atoms with E-state index in [2.05, 4.69) is 35.4 Å². The Balaban J connectivity index is 0.00000167. The number of thiazole rings is 1. The van der Waals surface area contributed by atoms with Gasteiger partial charge in [-0.25, -0.2) is 15.0 Å². The van der Waals surface area contributed by atoms with Gasteiger partial charge in [-0.15, -0.1) is 0 Å². The molecule has 188 valence electrons. The number of benzene rings is 1. The Labute approximate surface area is 213 Å². The Hall–Kier alpha value is -2.83. The second kappa shape index (κ2) is 12.8. The standard InChI is InChI=1S/C22H26ClN7O2S.CH4O/c1-14-4-3-5-16(23)20(14)28-21(32)17-13-24-22(33-17)27-18-12-19(26-15(2)25-18)30-8-6-29(7-9-30)10-11-31;1-2/h3-5,12-13,31H,6-11H2,1-2H3,(H,28,32)(H,24,25,26,27);2H,1H3. The number of carbonyl (C=O) groups excluding carboxylic acids is 1. The van der Waals surface area contributed by atoms with Gasteiger partial charge in [-0.05, 0) is 25.5 Å². The summed E-state index contributed by atoms with van der Waals surface area (Å²) in [6.45, 7) is 8.03. The van der Waals surface area contributed by atoms with E-state index < -0.39 is 0 Å². The quantitative estimate of drug-likeness (QED) is 0.372. The summed E-state index contributed by atoms with van der Waals surface area (Å²) in [5.41, 5.74) is 1.49. The Morgan fingerprint density at radius 2 is 1.91 bits per heavy atom. The Morgan fingerprint density at radius 3 is 2.60 bits per heavy atom. The SMILES string of the molecule is CO.Cc1nc(Nc2ncc(C(=O)Nc3c(C)cccc3Cl)s2)cc(N2CCN(CCO)CC2)n1. The third kappa shape index (κ3) is 7.09. The maximum absolute atomic E-state index is 12.7. The van der Waals surface area contributed by atoms with Crippen molar-refractivity contribution in [2.75, 3.05) is 62.0 Å². The van der Waals surface area contributed by atoms with Crippen LogP contribution in [0.15, 0.2) is 30.5 Å². The summed E-state index contributed by atoms with van der Waals surface area (Å²) in [5.74, 6) is 1.85. The highest BCUT2D eigenvalue weighted by molar-refractivity contribution is 7.17. The van der Waals surface area contributed by atoms with Crippen LogP contribution in [0.1, 0.15) is 21.1 Å². The molecule has 0 bridgehead atoms. The van der Waals surface area contributed by atoms with Crippen LogP contribution in [0.5, 0.6) is 0 Å². The largest absolute Gasteiger partial charge is 0.400 e. The Morgan fingerprint density at radius 1 is 1.17 bits per heavy atom. The number of rotatable bonds is 7. The molecule has 0 spiro atoms. The second-order valence-corrected chi connectivity index (χ2v) is 9.19. The number of para-hydroxylation sites is 1. The molecule has 2 aromatic heterocycles. The number of nitrogens with zero attached hydrogens (tertiary/aromatic N) is 5. The van der Waals surface area contributed by atoms with Crippen molar-refractivity contribution in [2.24, 2.45) is 0 Å². The van der Waals surface area contributed by atoms with Crippen LogP contribution in [0.2, 0.25) is 5.02 Å². The van der Waals surface area contributed by atoms with E-state index in [1.54, 1.807) is 6.07 Å². The molecule has 0 aliphatic carbocycles. The molecule has 12 heteroatoms. The molecule has 3 heterocycles. The zero-order valence-electron chi connectivity index (χ0n) is 20.0. The number of carbonyl (C=O) groups is 1. The number of anilines is 4. The van der Waals surface area contributed by atoms with Gasteiger partial charge in [-0.2, -0.15) is 0 Å². The van der Waals surface area contributed by atoms with E-state index in [-0.39, 0.29) is 12.5 Å². The molecule has 4 N–H and O–H groups in total. The van der Waals surface area contributed by atoms with E-state index in [9.17, 15) is 4.79 Å². The maximum Gasteiger partial charge on any atom is 0.267 e.